The minimum absolute atomic E-state index is 0.0208. The van der Waals surface area contributed by atoms with Crippen LogP contribution in [0, 0.1) is 6.92 Å². The summed E-state index contributed by atoms with van der Waals surface area (Å²) in [5.74, 6) is 0.0208. The molecule has 0 aliphatic carbocycles. The first-order valence-electron chi connectivity index (χ1n) is 9.51. The van der Waals surface area contributed by atoms with E-state index >= 15 is 0 Å². The molecule has 0 saturated carbocycles. The number of aryl methyl sites for hydroxylation is 1. The predicted molar refractivity (Wildman–Crippen MR) is 116 cm³/mol. The van der Waals surface area contributed by atoms with Gasteiger partial charge in [-0.15, -0.1) is 11.8 Å². The maximum atomic E-state index is 13.8. The van der Waals surface area contributed by atoms with E-state index in [9.17, 15) is 18.0 Å². The van der Waals surface area contributed by atoms with Gasteiger partial charge in [-0.05, 0) is 30.9 Å². The zero-order valence-corrected chi connectivity index (χ0v) is 17.6. The third-order valence-electron chi connectivity index (χ3n) is 5.12. The van der Waals surface area contributed by atoms with Gasteiger partial charge in [0.05, 0.1) is 5.56 Å². The quantitative estimate of drug-likeness (QED) is 0.361. The number of halogens is 3. The van der Waals surface area contributed by atoms with E-state index in [4.69, 9.17) is 4.42 Å². The van der Waals surface area contributed by atoms with Gasteiger partial charge in [0, 0.05) is 10.6 Å². The topological polar surface area (TPSA) is 76.2 Å². The predicted octanol–water partition coefficient (Wildman–Crippen LogP) is 5.55. The monoisotopic (exact) mass is 456 g/mol. The standard InChI is InChI=1S/C22H15F3N4O2S/c1-11-15(20-27-17-13(31-20)9-6-10-14(17)32-2)21(30)29-19(26-11)16(12-7-4-3-5-8-12)18(28-29)22(23,24)25/h3-10,26H,1-2H3. The third kappa shape index (κ3) is 3.10. The minimum Gasteiger partial charge on any atom is -0.436 e. The molecule has 5 aromatic rings. The summed E-state index contributed by atoms with van der Waals surface area (Å²) in [7, 11) is 0. The highest BCUT2D eigenvalue weighted by molar-refractivity contribution is 7.98. The molecular weight excluding hydrogens is 441 g/mol. The maximum absolute atomic E-state index is 13.8. The fraction of sp³-hybridized carbons (Fsp3) is 0.136. The van der Waals surface area contributed by atoms with Gasteiger partial charge < -0.3 is 9.40 Å². The number of alkyl halides is 3. The van der Waals surface area contributed by atoms with E-state index in [1.807, 2.05) is 12.3 Å². The Bertz CT molecular complexity index is 1530. The fourth-order valence-electron chi connectivity index (χ4n) is 3.71. The maximum Gasteiger partial charge on any atom is 0.435 e. The van der Waals surface area contributed by atoms with Crippen molar-refractivity contribution in [3.8, 4) is 22.6 Å². The van der Waals surface area contributed by atoms with Crippen LogP contribution in [0.15, 0.2) is 62.6 Å². The SMILES string of the molecule is CSc1cccc2oc(-c3c(C)[nH]c4c(-c5ccccc5)c(C(F)(F)F)nn4c3=O)nc12. The molecule has 1 N–H and O–H groups in total. The number of hydrogen-bond acceptors (Lipinski definition) is 5. The van der Waals surface area contributed by atoms with Gasteiger partial charge in [-0.2, -0.15) is 22.8 Å². The molecule has 0 saturated heterocycles. The Labute approximate surface area is 183 Å². The first-order valence-corrected chi connectivity index (χ1v) is 10.7. The van der Waals surface area contributed by atoms with Gasteiger partial charge in [-0.1, -0.05) is 36.4 Å². The lowest BCUT2D eigenvalue weighted by molar-refractivity contribution is -0.140. The van der Waals surface area contributed by atoms with Crippen LogP contribution >= 0.6 is 11.8 Å². The smallest absolute Gasteiger partial charge is 0.435 e. The lowest BCUT2D eigenvalue weighted by Crippen LogP contribution is -2.19. The second kappa shape index (κ2) is 7.27. The lowest BCUT2D eigenvalue weighted by atomic mass is 10.1. The molecular formula is C22H15F3N4O2S. The number of thioether (sulfide) groups is 1. The van der Waals surface area contributed by atoms with Crippen molar-refractivity contribution in [3.63, 3.8) is 0 Å². The molecule has 0 aliphatic rings. The van der Waals surface area contributed by atoms with E-state index in [-0.39, 0.29) is 22.7 Å². The van der Waals surface area contributed by atoms with Crippen molar-refractivity contribution >= 4 is 28.5 Å². The largest absolute Gasteiger partial charge is 0.436 e. The molecule has 6 nitrogen and oxygen atoms in total. The summed E-state index contributed by atoms with van der Waals surface area (Å²) < 4.78 is 48.0. The van der Waals surface area contributed by atoms with Crippen molar-refractivity contribution in [2.75, 3.05) is 6.26 Å². The highest BCUT2D eigenvalue weighted by Gasteiger charge is 2.39. The average molecular weight is 456 g/mol. The van der Waals surface area contributed by atoms with Crippen LogP contribution < -0.4 is 5.56 Å². The molecule has 0 spiro atoms. The van der Waals surface area contributed by atoms with Gasteiger partial charge in [-0.25, -0.2) is 4.98 Å². The molecule has 2 aromatic carbocycles. The molecule has 32 heavy (non-hydrogen) atoms. The number of aromatic nitrogens is 4. The molecule has 3 aromatic heterocycles. The number of nitrogens with zero attached hydrogens (tertiary/aromatic N) is 3. The number of para-hydroxylation sites is 1. The third-order valence-corrected chi connectivity index (χ3v) is 5.89. The summed E-state index contributed by atoms with van der Waals surface area (Å²) in [5.41, 5.74) is -0.423. The molecule has 0 atom stereocenters. The van der Waals surface area contributed by atoms with Crippen molar-refractivity contribution < 1.29 is 17.6 Å². The summed E-state index contributed by atoms with van der Waals surface area (Å²) in [6.07, 6.45) is -2.86. The summed E-state index contributed by atoms with van der Waals surface area (Å²) >= 11 is 1.47. The summed E-state index contributed by atoms with van der Waals surface area (Å²) in [5, 5.41) is 3.65. The Morgan fingerprint density at radius 2 is 1.81 bits per heavy atom. The summed E-state index contributed by atoms with van der Waals surface area (Å²) in [4.78, 5) is 21.5. The molecule has 0 fully saturated rings. The molecule has 10 heteroatoms. The van der Waals surface area contributed by atoms with E-state index in [2.05, 4.69) is 15.1 Å². The number of benzene rings is 2. The van der Waals surface area contributed by atoms with Crippen molar-refractivity contribution in [2.24, 2.45) is 0 Å². The minimum atomic E-state index is -4.75. The van der Waals surface area contributed by atoms with E-state index in [1.54, 1.807) is 49.4 Å². The molecule has 0 amide bonds. The van der Waals surface area contributed by atoms with E-state index in [0.29, 0.717) is 22.4 Å². The van der Waals surface area contributed by atoms with Gasteiger partial charge in [0.15, 0.2) is 11.3 Å². The zero-order valence-electron chi connectivity index (χ0n) is 16.8. The van der Waals surface area contributed by atoms with Crippen LogP contribution in [0.2, 0.25) is 0 Å². The van der Waals surface area contributed by atoms with Gasteiger partial charge in [0.1, 0.15) is 16.7 Å². The van der Waals surface area contributed by atoms with Crippen molar-refractivity contribution in [1.82, 2.24) is 19.6 Å². The number of rotatable bonds is 3. The molecule has 0 unspecified atom stereocenters. The van der Waals surface area contributed by atoms with Crippen molar-refractivity contribution in [3.05, 3.63) is 70.3 Å². The highest BCUT2D eigenvalue weighted by Crippen LogP contribution is 2.38. The number of oxazole rings is 1. The zero-order chi connectivity index (χ0) is 22.6. The van der Waals surface area contributed by atoms with E-state index in [0.717, 1.165) is 9.41 Å². The van der Waals surface area contributed by atoms with Gasteiger partial charge in [0.2, 0.25) is 5.89 Å². The molecule has 0 bridgehead atoms. The number of fused-ring (bicyclic) bond motifs is 2. The molecule has 3 heterocycles. The van der Waals surface area contributed by atoms with Crippen LogP contribution in [0.4, 0.5) is 13.2 Å². The lowest BCUT2D eigenvalue weighted by Gasteiger charge is -2.07. The number of hydrogen-bond donors (Lipinski definition) is 1. The van der Waals surface area contributed by atoms with Crippen LogP contribution in [0.3, 0.4) is 0 Å². The van der Waals surface area contributed by atoms with Crippen LogP contribution in [-0.4, -0.2) is 25.8 Å². The highest BCUT2D eigenvalue weighted by atomic mass is 32.2. The Balaban J connectivity index is 1.82. The normalized spacial score (nSPS) is 12.2. The van der Waals surface area contributed by atoms with Crippen LogP contribution in [-0.2, 0) is 6.18 Å². The first-order chi connectivity index (χ1) is 15.3. The second-order valence-electron chi connectivity index (χ2n) is 7.10. The second-order valence-corrected chi connectivity index (χ2v) is 7.95. The van der Waals surface area contributed by atoms with Gasteiger partial charge >= 0.3 is 6.18 Å². The van der Waals surface area contributed by atoms with E-state index in [1.165, 1.54) is 11.8 Å². The Hall–Kier alpha value is -3.53. The fourth-order valence-corrected chi connectivity index (χ4v) is 4.26. The Kier molecular flexibility index (Phi) is 4.63. The number of H-pyrrole nitrogens is 1. The first kappa shape index (κ1) is 20.4. The van der Waals surface area contributed by atoms with Crippen LogP contribution in [0.1, 0.15) is 11.4 Å². The molecule has 5 rings (SSSR count). The van der Waals surface area contributed by atoms with E-state index < -0.39 is 17.4 Å². The molecule has 0 radical (unpaired) electrons. The van der Waals surface area contributed by atoms with Gasteiger partial charge in [0.25, 0.3) is 5.56 Å². The Morgan fingerprint density at radius 3 is 2.50 bits per heavy atom. The van der Waals surface area contributed by atoms with Crippen molar-refractivity contribution in [1.29, 1.82) is 0 Å². The molecule has 0 aliphatic heterocycles. The Morgan fingerprint density at radius 1 is 1.06 bits per heavy atom. The van der Waals surface area contributed by atoms with Crippen LogP contribution in [0.25, 0.3) is 39.3 Å². The number of aromatic amines is 1. The molecule has 162 valence electrons. The number of nitrogens with one attached hydrogen (secondary N) is 1. The average Bonchev–Trinajstić information content (AvgIpc) is 3.36. The van der Waals surface area contributed by atoms with Crippen LogP contribution in [0.5, 0.6) is 0 Å². The van der Waals surface area contributed by atoms with Gasteiger partial charge in [-0.3, -0.25) is 4.79 Å². The summed E-state index contributed by atoms with van der Waals surface area (Å²) in [6.45, 7) is 1.59. The van der Waals surface area contributed by atoms with Crippen molar-refractivity contribution in [2.45, 2.75) is 18.0 Å². The summed E-state index contributed by atoms with van der Waals surface area (Å²) in [6, 6.07) is 13.4.